The lowest BCUT2D eigenvalue weighted by Gasteiger charge is -2.21. The second-order valence-corrected chi connectivity index (χ2v) is 7.69. The number of carbonyl (C=O) groups excluding carboxylic acids is 2. The molecule has 3 N–H and O–H groups in total. The Bertz CT molecular complexity index is 874. The molecular formula is C22H23BrN2O5. The van der Waals surface area contributed by atoms with Crippen LogP contribution in [0.4, 0.5) is 4.79 Å². The zero-order valence-corrected chi connectivity index (χ0v) is 17.8. The number of alkyl carbamates (subject to hydrolysis) is 1. The van der Waals surface area contributed by atoms with Crippen LogP contribution >= 0.6 is 15.9 Å². The van der Waals surface area contributed by atoms with E-state index < -0.39 is 30.1 Å². The van der Waals surface area contributed by atoms with Gasteiger partial charge in [-0.3, -0.25) is 4.79 Å². The van der Waals surface area contributed by atoms with Crippen LogP contribution in [0.3, 0.4) is 0 Å². The van der Waals surface area contributed by atoms with E-state index in [1.165, 1.54) is 0 Å². The van der Waals surface area contributed by atoms with Crippen LogP contribution in [0.15, 0.2) is 71.7 Å². The number of halogens is 1. The maximum absolute atomic E-state index is 12.8. The van der Waals surface area contributed by atoms with E-state index in [1.54, 1.807) is 0 Å². The fourth-order valence-electron chi connectivity index (χ4n) is 2.66. The number of carbonyl (C=O) groups is 3. The van der Waals surface area contributed by atoms with Crippen LogP contribution in [0.2, 0.25) is 0 Å². The molecule has 0 spiro atoms. The van der Waals surface area contributed by atoms with E-state index in [2.05, 4.69) is 33.1 Å². The molecule has 0 saturated carbocycles. The molecule has 0 radical (unpaired) electrons. The van der Waals surface area contributed by atoms with Gasteiger partial charge in [0.1, 0.15) is 18.7 Å². The Balaban J connectivity index is 2.06. The van der Waals surface area contributed by atoms with Gasteiger partial charge in [-0.15, -0.1) is 0 Å². The molecule has 2 atom stereocenters. The highest BCUT2D eigenvalue weighted by Crippen LogP contribution is 2.11. The van der Waals surface area contributed by atoms with Crippen LogP contribution in [0.25, 0.3) is 0 Å². The van der Waals surface area contributed by atoms with Crippen molar-refractivity contribution in [1.82, 2.24) is 10.6 Å². The molecule has 0 heterocycles. The molecule has 2 aromatic rings. The van der Waals surface area contributed by atoms with Gasteiger partial charge >= 0.3 is 12.1 Å². The number of amides is 2. The summed E-state index contributed by atoms with van der Waals surface area (Å²) in [6, 6.07) is 16.0. The molecule has 0 fully saturated rings. The number of carboxylic acids is 1. The topological polar surface area (TPSA) is 105 Å². The molecule has 0 saturated heterocycles. The number of aliphatic carboxylic acids is 1. The summed E-state index contributed by atoms with van der Waals surface area (Å²) in [6.07, 6.45) is -0.585. The van der Waals surface area contributed by atoms with E-state index in [0.29, 0.717) is 4.48 Å². The van der Waals surface area contributed by atoms with Gasteiger partial charge in [-0.25, -0.2) is 9.59 Å². The molecule has 2 aromatic carbocycles. The number of ether oxygens (including phenoxy) is 1. The minimum atomic E-state index is -1.20. The molecule has 0 aromatic heterocycles. The standard InChI is InChI=1S/C22H23BrN2O5/c1-15(23)12-19(21(27)28)24-20(26)18(13-16-8-4-2-5-9-16)25-22(29)30-14-17-10-6-3-7-11-17/h2-11,18-19H,1,12-14H2,(H,24,26)(H,25,29)(H,27,28)/t18-,19+/m0/s1. The zero-order valence-electron chi connectivity index (χ0n) is 16.2. The van der Waals surface area contributed by atoms with Crippen molar-refractivity contribution in [1.29, 1.82) is 0 Å². The first-order valence-corrected chi connectivity index (χ1v) is 10.0. The first-order valence-electron chi connectivity index (χ1n) is 9.22. The smallest absolute Gasteiger partial charge is 0.408 e. The highest BCUT2D eigenvalue weighted by molar-refractivity contribution is 9.11. The average molecular weight is 475 g/mol. The van der Waals surface area contributed by atoms with E-state index in [0.717, 1.165) is 11.1 Å². The number of benzene rings is 2. The van der Waals surface area contributed by atoms with Gasteiger partial charge in [-0.1, -0.05) is 83.2 Å². The third-order valence-corrected chi connectivity index (χ3v) is 4.47. The molecule has 0 aliphatic rings. The monoisotopic (exact) mass is 474 g/mol. The molecule has 158 valence electrons. The number of hydrogen-bond acceptors (Lipinski definition) is 4. The number of rotatable bonds is 10. The summed E-state index contributed by atoms with van der Waals surface area (Å²) in [5.74, 6) is -1.83. The summed E-state index contributed by atoms with van der Waals surface area (Å²) in [7, 11) is 0. The van der Waals surface area contributed by atoms with Crippen molar-refractivity contribution in [3.63, 3.8) is 0 Å². The molecule has 0 bridgehead atoms. The van der Waals surface area contributed by atoms with Gasteiger partial charge < -0.3 is 20.5 Å². The van der Waals surface area contributed by atoms with Crippen molar-refractivity contribution in [2.45, 2.75) is 31.5 Å². The van der Waals surface area contributed by atoms with Crippen LogP contribution in [0.5, 0.6) is 0 Å². The molecular weight excluding hydrogens is 452 g/mol. The molecule has 2 rings (SSSR count). The van der Waals surface area contributed by atoms with Crippen molar-refractivity contribution >= 4 is 33.9 Å². The summed E-state index contributed by atoms with van der Waals surface area (Å²) in [5.41, 5.74) is 1.61. The van der Waals surface area contributed by atoms with Gasteiger partial charge in [0, 0.05) is 12.8 Å². The SMILES string of the molecule is C=C(Br)C[C@@H](NC(=O)[C@H](Cc1ccccc1)NC(=O)OCc1ccccc1)C(=O)O. The number of nitrogens with one attached hydrogen (secondary N) is 2. The lowest BCUT2D eigenvalue weighted by Crippen LogP contribution is -2.52. The third kappa shape index (κ3) is 8.08. The first-order chi connectivity index (χ1) is 14.3. The molecule has 7 nitrogen and oxygen atoms in total. The van der Waals surface area contributed by atoms with Gasteiger partial charge in [-0.05, 0) is 15.6 Å². The molecule has 0 unspecified atom stereocenters. The predicted molar refractivity (Wildman–Crippen MR) is 116 cm³/mol. The lowest BCUT2D eigenvalue weighted by molar-refractivity contribution is -0.142. The van der Waals surface area contributed by atoms with Crippen LogP contribution in [-0.2, 0) is 27.4 Å². The summed E-state index contributed by atoms with van der Waals surface area (Å²) < 4.78 is 5.63. The van der Waals surface area contributed by atoms with Crippen molar-refractivity contribution in [3.05, 3.63) is 82.9 Å². The van der Waals surface area contributed by atoms with Crippen LogP contribution < -0.4 is 10.6 Å². The molecule has 8 heteroatoms. The summed E-state index contributed by atoms with van der Waals surface area (Å²) in [4.78, 5) is 36.5. The Morgan fingerprint density at radius 1 is 0.933 bits per heavy atom. The van der Waals surface area contributed by atoms with Crippen LogP contribution in [0, 0.1) is 0 Å². The predicted octanol–water partition coefficient (Wildman–Crippen LogP) is 3.39. The largest absolute Gasteiger partial charge is 0.480 e. The van der Waals surface area contributed by atoms with Gasteiger partial charge in [0.15, 0.2) is 0 Å². The van der Waals surface area contributed by atoms with E-state index >= 15 is 0 Å². The maximum atomic E-state index is 12.8. The Kier molecular flexibility index (Phi) is 9.08. The van der Waals surface area contributed by atoms with Gasteiger partial charge in [0.05, 0.1) is 0 Å². The fraction of sp³-hybridized carbons (Fsp3) is 0.227. The number of carboxylic acid groups (broad SMARTS) is 1. The van der Waals surface area contributed by atoms with Crippen molar-refractivity contribution in [2.24, 2.45) is 0 Å². The Morgan fingerprint density at radius 2 is 1.50 bits per heavy atom. The van der Waals surface area contributed by atoms with Gasteiger partial charge in [-0.2, -0.15) is 0 Å². The van der Waals surface area contributed by atoms with E-state index in [4.69, 9.17) is 4.74 Å². The van der Waals surface area contributed by atoms with E-state index in [-0.39, 0.29) is 19.4 Å². The Hall–Kier alpha value is -3.13. The molecule has 30 heavy (non-hydrogen) atoms. The summed E-state index contributed by atoms with van der Waals surface area (Å²) >= 11 is 3.11. The molecule has 0 aliphatic heterocycles. The van der Waals surface area contributed by atoms with Crippen LogP contribution in [0.1, 0.15) is 17.5 Å². The molecule has 2 amide bonds. The quantitative estimate of drug-likeness (QED) is 0.489. The third-order valence-electron chi connectivity index (χ3n) is 4.14. The molecule has 0 aliphatic carbocycles. The second kappa shape index (κ2) is 11.8. The maximum Gasteiger partial charge on any atom is 0.408 e. The van der Waals surface area contributed by atoms with E-state index in [9.17, 15) is 19.5 Å². The van der Waals surface area contributed by atoms with Crippen molar-refractivity contribution in [3.8, 4) is 0 Å². The van der Waals surface area contributed by atoms with E-state index in [1.807, 2.05) is 60.7 Å². The van der Waals surface area contributed by atoms with Crippen molar-refractivity contribution < 1.29 is 24.2 Å². The minimum Gasteiger partial charge on any atom is -0.480 e. The first kappa shape index (κ1) is 23.2. The highest BCUT2D eigenvalue weighted by atomic mass is 79.9. The fourth-order valence-corrected chi connectivity index (χ4v) is 2.98. The summed E-state index contributed by atoms with van der Waals surface area (Å²) in [5, 5.41) is 14.3. The van der Waals surface area contributed by atoms with Crippen molar-refractivity contribution in [2.75, 3.05) is 0 Å². The van der Waals surface area contributed by atoms with Crippen LogP contribution in [-0.4, -0.2) is 35.2 Å². The lowest BCUT2D eigenvalue weighted by atomic mass is 10.0. The Morgan fingerprint density at radius 3 is 2.03 bits per heavy atom. The minimum absolute atomic E-state index is 0.0115. The zero-order chi connectivity index (χ0) is 21.9. The average Bonchev–Trinajstić information content (AvgIpc) is 2.72. The van der Waals surface area contributed by atoms with Gasteiger partial charge in [0.2, 0.25) is 5.91 Å². The Labute approximate surface area is 183 Å². The number of hydrogen-bond donors (Lipinski definition) is 3. The second-order valence-electron chi connectivity index (χ2n) is 6.57. The normalized spacial score (nSPS) is 12.3. The summed E-state index contributed by atoms with van der Waals surface area (Å²) in [6.45, 7) is 3.66. The highest BCUT2D eigenvalue weighted by Gasteiger charge is 2.27. The van der Waals surface area contributed by atoms with Gasteiger partial charge in [0.25, 0.3) is 0 Å².